The number of carbonyl (C=O) groups is 2. The van der Waals surface area contributed by atoms with Gasteiger partial charge in [0.1, 0.15) is 11.9 Å². The van der Waals surface area contributed by atoms with E-state index in [1.165, 1.54) is 0 Å². The lowest BCUT2D eigenvalue weighted by Gasteiger charge is -2.46. The SMILES string of the molecule is CC1[C@@H](C)N(c2cccc(Cl)c2)CCN1C(=O)c1ccc(S(=O)CC(=O)OC2CCCC2)c(Cl)c1. The van der Waals surface area contributed by atoms with Crippen molar-refractivity contribution in [2.24, 2.45) is 0 Å². The van der Waals surface area contributed by atoms with Crippen LogP contribution in [0.4, 0.5) is 5.69 Å². The lowest BCUT2D eigenvalue weighted by atomic mass is 10.0. The topological polar surface area (TPSA) is 66.9 Å². The lowest BCUT2D eigenvalue weighted by molar-refractivity contribution is -0.145. The zero-order valence-corrected chi connectivity index (χ0v) is 22.2. The van der Waals surface area contributed by atoms with Gasteiger partial charge in [-0.15, -0.1) is 0 Å². The highest BCUT2D eigenvalue weighted by Gasteiger charge is 2.34. The first-order valence-corrected chi connectivity index (χ1v) is 14.0. The Morgan fingerprint density at radius 3 is 2.46 bits per heavy atom. The van der Waals surface area contributed by atoms with Crippen molar-refractivity contribution < 1.29 is 18.5 Å². The third-order valence-electron chi connectivity index (χ3n) is 6.94. The van der Waals surface area contributed by atoms with Crippen LogP contribution >= 0.6 is 23.2 Å². The molecule has 0 aromatic heterocycles. The Hall–Kier alpha value is -2.09. The molecule has 2 aromatic carbocycles. The maximum atomic E-state index is 13.3. The van der Waals surface area contributed by atoms with Crippen molar-refractivity contribution in [3.63, 3.8) is 0 Å². The summed E-state index contributed by atoms with van der Waals surface area (Å²) in [5.41, 5.74) is 1.46. The molecule has 9 heteroatoms. The summed E-state index contributed by atoms with van der Waals surface area (Å²) < 4.78 is 18.1. The number of carbonyl (C=O) groups excluding carboxylic acids is 2. The Morgan fingerprint density at radius 2 is 1.77 bits per heavy atom. The number of halogens is 2. The van der Waals surface area contributed by atoms with Crippen molar-refractivity contribution in [1.29, 1.82) is 0 Å². The number of nitrogens with zero attached hydrogens (tertiary/aromatic N) is 2. The van der Waals surface area contributed by atoms with Gasteiger partial charge in [-0.25, -0.2) is 0 Å². The van der Waals surface area contributed by atoms with Crippen molar-refractivity contribution in [2.75, 3.05) is 23.7 Å². The van der Waals surface area contributed by atoms with Gasteiger partial charge in [-0.1, -0.05) is 29.3 Å². The molecule has 0 N–H and O–H groups in total. The summed E-state index contributed by atoms with van der Waals surface area (Å²) in [4.78, 5) is 29.9. The van der Waals surface area contributed by atoms with Gasteiger partial charge in [0.2, 0.25) is 0 Å². The van der Waals surface area contributed by atoms with Crippen molar-refractivity contribution in [3.8, 4) is 0 Å². The maximum absolute atomic E-state index is 13.3. The number of esters is 1. The highest BCUT2D eigenvalue weighted by Crippen LogP contribution is 2.29. The van der Waals surface area contributed by atoms with Crippen LogP contribution in [0.5, 0.6) is 0 Å². The van der Waals surface area contributed by atoms with E-state index < -0.39 is 16.8 Å². The largest absolute Gasteiger partial charge is 0.462 e. The Balaban J connectivity index is 1.41. The summed E-state index contributed by atoms with van der Waals surface area (Å²) in [5, 5.41) is 0.890. The normalized spacial score (nSPS) is 21.7. The third kappa shape index (κ3) is 6.01. The minimum atomic E-state index is -1.64. The van der Waals surface area contributed by atoms with E-state index in [1.54, 1.807) is 18.2 Å². The van der Waals surface area contributed by atoms with Gasteiger partial charge < -0.3 is 14.5 Å². The first-order chi connectivity index (χ1) is 16.7. The molecule has 1 aliphatic heterocycles. The van der Waals surface area contributed by atoms with Crippen molar-refractivity contribution in [1.82, 2.24) is 4.90 Å². The molecule has 188 valence electrons. The number of hydrogen-bond acceptors (Lipinski definition) is 5. The molecule has 2 aliphatic rings. The molecule has 3 atom stereocenters. The monoisotopic (exact) mass is 536 g/mol. The second-order valence-electron chi connectivity index (χ2n) is 9.18. The number of anilines is 1. The van der Waals surface area contributed by atoms with Crippen molar-refractivity contribution in [3.05, 3.63) is 58.1 Å². The number of benzene rings is 2. The fraction of sp³-hybridized carbons (Fsp3) is 0.462. The number of hydrogen-bond donors (Lipinski definition) is 0. The predicted octanol–water partition coefficient (Wildman–Crippen LogP) is 5.33. The first-order valence-electron chi connectivity index (χ1n) is 11.9. The Labute approximate surface area is 219 Å². The Kier molecular flexibility index (Phi) is 8.40. The van der Waals surface area contributed by atoms with E-state index in [0.29, 0.717) is 28.6 Å². The number of piperazine rings is 1. The predicted molar refractivity (Wildman–Crippen MR) is 140 cm³/mol. The van der Waals surface area contributed by atoms with E-state index in [-0.39, 0.29) is 34.9 Å². The zero-order valence-electron chi connectivity index (χ0n) is 19.9. The van der Waals surface area contributed by atoms with Crippen LogP contribution in [0.15, 0.2) is 47.4 Å². The molecule has 1 heterocycles. The van der Waals surface area contributed by atoms with Gasteiger partial charge in [-0.2, -0.15) is 0 Å². The fourth-order valence-electron chi connectivity index (χ4n) is 4.84. The molecule has 2 fully saturated rings. The molecule has 1 saturated carbocycles. The first kappa shape index (κ1) is 26.0. The molecule has 0 bridgehead atoms. The van der Waals surface area contributed by atoms with Crippen LogP contribution in [0.2, 0.25) is 10.0 Å². The molecule has 4 rings (SSSR count). The summed E-state index contributed by atoms with van der Waals surface area (Å²) >= 11 is 12.6. The van der Waals surface area contributed by atoms with Gasteiger partial charge in [0, 0.05) is 41.4 Å². The van der Waals surface area contributed by atoms with E-state index in [9.17, 15) is 13.8 Å². The third-order valence-corrected chi connectivity index (χ3v) is 8.94. The minimum Gasteiger partial charge on any atom is -0.462 e. The van der Waals surface area contributed by atoms with Crippen LogP contribution in [-0.4, -0.2) is 58.0 Å². The quantitative estimate of drug-likeness (QED) is 0.467. The van der Waals surface area contributed by atoms with Gasteiger partial charge in [-0.05, 0) is 75.9 Å². The smallest absolute Gasteiger partial charge is 0.319 e. The maximum Gasteiger partial charge on any atom is 0.319 e. The zero-order chi connectivity index (χ0) is 25.1. The molecular formula is C26H30Cl2N2O4S. The highest BCUT2D eigenvalue weighted by atomic mass is 35.5. The van der Waals surface area contributed by atoms with E-state index in [4.69, 9.17) is 27.9 Å². The summed E-state index contributed by atoms with van der Waals surface area (Å²) in [5.74, 6) is -0.856. The molecule has 1 aliphatic carbocycles. The number of rotatable bonds is 6. The minimum absolute atomic E-state index is 0.0480. The van der Waals surface area contributed by atoms with Crippen LogP contribution in [0.3, 0.4) is 0 Å². The average Bonchev–Trinajstić information content (AvgIpc) is 3.33. The average molecular weight is 538 g/mol. The number of amides is 1. The molecule has 0 radical (unpaired) electrons. The van der Waals surface area contributed by atoms with Gasteiger partial charge in [0.15, 0.2) is 0 Å². The van der Waals surface area contributed by atoms with Gasteiger partial charge >= 0.3 is 5.97 Å². The highest BCUT2D eigenvalue weighted by molar-refractivity contribution is 7.85. The van der Waals surface area contributed by atoms with Gasteiger partial charge in [0.05, 0.1) is 20.7 Å². The summed E-state index contributed by atoms with van der Waals surface area (Å²) in [7, 11) is -1.64. The van der Waals surface area contributed by atoms with E-state index >= 15 is 0 Å². The summed E-state index contributed by atoms with van der Waals surface area (Å²) in [6, 6.07) is 12.5. The summed E-state index contributed by atoms with van der Waals surface area (Å²) in [6.45, 7) is 5.35. The van der Waals surface area contributed by atoms with Crippen LogP contribution in [0.1, 0.15) is 49.9 Å². The molecule has 2 unspecified atom stereocenters. The van der Waals surface area contributed by atoms with E-state index in [1.807, 2.05) is 36.1 Å². The molecule has 35 heavy (non-hydrogen) atoms. The fourth-order valence-corrected chi connectivity index (χ4v) is 6.40. The standard InChI is InChI=1S/C26H30Cl2N2O4S/c1-17-18(2)30(13-12-29(17)21-7-5-6-20(27)15-21)26(32)19-10-11-24(23(28)14-19)35(33)16-25(31)34-22-8-3-4-9-22/h5-7,10-11,14-15,17-18,22H,3-4,8-9,12-13,16H2,1-2H3/t17-,18?,35?/m1/s1. The van der Waals surface area contributed by atoms with Crippen LogP contribution < -0.4 is 4.90 Å². The van der Waals surface area contributed by atoms with Crippen molar-refractivity contribution >= 4 is 51.6 Å². The molecule has 2 aromatic rings. The molecule has 6 nitrogen and oxygen atoms in total. The van der Waals surface area contributed by atoms with Crippen LogP contribution in [0, 0.1) is 0 Å². The second kappa shape index (κ2) is 11.3. The van der Waals surface area contributed by atoms with Crippen molar-refractivity contribution in [2.45, 2.75) is 62.6 Å². The van der Waals surface area contributed by atoms with E-state index in [0.717, 1.165) is 31.4 Å². The molecule has 1 amide bonds. The lowest BCUT2D eigenvalue weighted by Crippen LogP contribution is -2.59. The molecular weight excluding hydrogens is 507 g/mol. The number of ether oxygens (including phenoxy) is 1. The second-order valence-corrected chi connectivity index (χ2v) is 11.4. The van der Waals surface area contributed by atoms with E-state index in [2.05, 4.69) is 11.8 Å². The van der Waals surface area contributed by atoms with Gasteiger partial charge in [0.25, 0.3) is 5.91 Å². The molecule has 1 saturated heterocycles. The molecule has 0 spiro atoms. The Morgan fingerprint density at radius 1 is 1.03 bits per heavy atom. The summed E-state index contributed by atoms with van der Waals surface area (Å²) in [6.07, 6.45) is 3.75. The Bertz CT molecular complexity index is 1120. The van der Waals surface area contributed by atoms with Crippen LogP contribution in [-0.2, 0) is 20.3 Å². The van der Waals surface area contributed by atoms with Gasteiger partial charge in [-0.3, -0.25) is 13.8 Å². The van der Waals surface area contributed by atoms with Crippen LogP contribution in [0.25, 0.3) is 0 Å².